The van der Waals surface area contributed by atoms with Crippen molar-refractivity contribution < 1.29 is 22.5 Å². The zero-order valence-corrected chi connectivity index (χ0v) is 14.3. The van der Waals surface area contributed by atoms with Crippen LogP contribution >= 0.6 is 27.5 Å². The van der Waals surface area contributed by atoms with Crippen molar-refractivity contribution in [2.75, 3.05) is 0 Å². The third kappa shape index (κ3) is 3.11. The van der Waals surface area contributed by atoms with Gasteiger partial charge in [0.25, 0.3) is 0 Å². The van der Waals surface area contributed by atoms with Gasteiger partial charge in [-0.2, -0.15) is 13.2 Å². The monoisotopic (exact) mass is 384 g/mol. The van der Waals surface area contributed by atoms with Crippen molar-refractivity contribution >= 4 is 40.1 Å². The van der Waals surface area contributed by atoms with Gasteiger partial charge in [-0.15, -0.1) is 0 Å². The lowest BCUT2D eigenvalue weighted by Crippen LogP contribution is -2.41. The van der Waals surface area contributed by atoms with E-state index in [1.54, 1.807) is 0 Å². The SMILES string of the molecule is CC1(C)OB(c2cc(C(F)(F)F)c(Br)cc2Cl)OC1(C)C. The van der Waals surface area contributed by atoms with Crippen molar-refractivity contribution in [1.82, 2.24) is 0 Å². The molecular weight excluding hydrogens is 371 g/mol. The summed E-state index contributed by atoms with van der Waals surface area (Å²) in [7, 11) is -0.934. The highest BCUT2D eigenvalue weighted by atomic mass is 79.9. The van der Waals surface area contributed by atoms with Crippen LogP contribution in [-0.4, -0.2) is 18.3 Å². The Hall–Kier alpha value is -0.235. The Morgan fingerprint density at radius 1 is 1.10 bits per heavy atom. The number of rotatable bonds is 1. The highest BCUT2D eigenvalue weighted by Crippen LogP contribution is 2.39. The van der Waals surface area contributed by atoms with E-state index in [0.29, 0.717) is 0 Å². The molecule has 0 N–H and O–H groups in total. The molecule has 116 valence electrons. The van der Waals surface area contributed by atoms with Gasteiger partial charge in [-0.3, -0.25) is 0 Å². The molecule has 1 fully saturated rings. The quantitative estimate of drug-likeness (QED) is 0.667. The summed E-state index contributed by atoms with van der Waals surface area (Å²) in [5.74, 6) is 0. The van der Waals surface area contributed by atoms with Crippen LogP contribution in [0.3, 0.4) is 0 Å². The van der Waals surface area contributed by atoms with E-state index in [9.17, 15) is 13.2 Å². The first-order valence-electron chi connectivity index (χ1n) is 6.27. The zero-order valence-electron chi connectivity index (χ0n) is 11.9. The summed E-state index contributed by atoms with van der Waals surface area (Å²) in [4.78, 5) is 0. The molecule has 1 saturated heterocycles. The maximum Gasteiger partial charge on any atom is 0.496 e. The van der Waals surface area contributed by atoms with Gasteiger partial charge in [-0.05, 0) is 39.8 Å². The Morgan fingerprint density at radius 3 is 2.00 bits per heavy atom. The second-order valence-electron chi connectivity index (χ2n) is 5.94. The molecule has 1 aliphatic rings. The second-order valence-corrected chi connectivity index (χ2v) is 7.20. The van der Waals surface area contributed by atoms with Gasteiger partial charge in [0.1, 0.15) is 0 Å². The van der Waals surface area contributed by atoms with Gasteiger partial charge in [0.2, 0.25) is 0 Å². The molecule has 0 atom stereocenters. The topological polar surface area (TPSA) is 18.5 Å². The molecule has 2 rings (SSSR count). The van der Waals surface area contributed by atoms with Crippen molar-refractivity contribution in [2.24, 2.45) is 0 Å². The summed E-state index contributed by atoms with van der Waals surface area (Å²) in [5, 5.41) is 0.161. The molecule has 0 unspecified atom stereocenters. The fourth-order valence-corrected chi connectivity index (χ4v) is 2.89. The third-order valence-corrected chi connectivity index (χ3v) is 4.88. The largest absolute Gasteiger partial charge is 0.496 e. The van der Waals surface area contributed by atoms with Gasteiger partial charge in [0.15, 0.2) is 0 Å². The van der Waals surface area contributed by atoms with E-state index < -0.39 is 30.1 Å². The minimum atomic E-state index is -4.48. The van der Waals surface area contributed by atoms with Crippen LogP contribution in [0.15, 0.2) is 16.6 Å². The van der Waals surface area contributed by atoms with Crippen molar-refractivity contribution in [3.05, 3.63) is 27.2 Å². The molecule has 0 aromatic heterocycles. The van der Waals surface area contributed by atoms with Crippen LogP contribution in [0.25, 0.3) is 0 Å². The molecule has 0 saturated carbocycles. The van der Waals surface area contributed by atoms with Crippen LogP contribution in [0.4, 0.5) is 13.2 Å². The normalized spacial score (nSPS) is 20.9. The predicted octanol–water partition coefficient (Wildman–Crippen LogP) is 4.42. The summed E-state index contributed by atoms with van der Waals surface area (Å²) in [5.41, 5.74) is -1.93. The van der Waals surface area contributed by atoms with Gasteiger partial charge in [-0.1, -0.05) is 27.5 Å². The molecule has 1 aromatic rings. The number of halogens is 5. The molecule has 0 radical (unpaired) electrons. The Kier molecular flexibility index (Phi) is 4.20. The minimum absolute atomic E-state index is 0.111. The van der Waals surface area contributed by atoms with Crippen LogP contribution in [0.1, 0.15) is 33.3 Å². The molecule has 0 aliphatic carbocycles. The Bertz CT molecular complexity index is 559. The molecule has 1 aromatic carbocycles. The van der Waals surface area contributed by atoms with Crippen LogP contribution in [0.5, 0.6) is 0 Å². The molecule has 21 heavy (non-hydrogen) atoms. The molecule has 2 nitrogen and oxygen atoms in total. The highest BCUT2D eigenvalue weighted by Gasteiger charge is 2.52. The molecule has 1 aliphatic heterocycles. The lowest BCUT2D eigenvalue weighted by Gasteiger charge is -2.32. The lowest BCUT2D eigenvalue weighted by atomic mass is 9.78. The van der Waals surface area contributed by atoms with E-state index in [1.165, 1.54) is 6.07 Å². The molecule has 8 heteroatoms. The smallest absolute Gasteiger partial charge is 0.399 e. The second kappa shape index (κ2) is 5.15. The number of alkyl halides is 3. The van der Waals surface area contributed by atoms with Crippen molar-refractivity contribution in [2.45, 2.75) is 45.1 Å². The number of benzene rings is 1. The Balaban J connectivity index is 2.47. The summed E-state index contributed by atoms with van der Waals surface area (Å²) in [6.45, 7) is 7.30. The summed E-state index contributed by atoms with van der Waals surface area (Å²) in [6, 6.07) is 2.18. The minimum Gasteiger partial charge on any atom is -0.399 e. The van der Waals surface area contributed by atoms with Crippen LogP contribution in [0.2, 0.25) is 5.02 Å². The standard InChI is InChI=1S/C13H14BBrClF3O2/c1-11(2)12(3,4)21-14(20-11)8-5-7(13(17,18)19)9(15)6-10(8)16/h5-6H,1-4H3. The van der Waals surface area contributed by atoms with E-state index in [0.717, 1.165) is 6.07 Å². The highest BCUT2D eigenvalue weighted by molar-refractivity contribution is 9.10. The lowest BCUT2D eigenvalue weighted by molar-refractivity contribution is -0.138. The van der Waals surface area contributed by atoms with E-state index in [2.05, 4.69) is 15.9 Å². The first-order valence-corrected chi connectivity index (χ1v) is 7.44. The van der Waals surface area contributed by atoms with Gasteiger partial charge in [0, 0.05) is 15.0 Å². The molecular formula is C13H14BBrClF3O2. The molecule has 0 bridgehead atoms. The van der Waals surface area contributed by atoms with E-state index >= 15 is 0 Å². The summed E-state index contributed by atoms with van der Waals surface area (Å²) < 4.78 is 50.4. The predicted molar refractivity (Wildman–Crippen MR) is 79.9 cm³/mol. The van der Waals surface area contributed by atoms with Gasteiger partial charge in [-0.25, -0.2) is 0 Å². The number of hydrogen-bond donors (Lipinski definition) is 0. The fourth-order valence-electron chi connectivity index (χ4n) is 1.93. The average molecular weight is 385 g/mol. The van der Waals surface area contributed by atoms with Gasteiger partial charge >= 0.3 is 13.3 Å². The van der Waals surface area contributed by atoms with Crippen molar-refractivity contribution in [1.29, 1.82) is 0 Å². The maximum atomic E-state index is 13.0. The van der Waals surface area contributed by atoms with Crippen LogP contribution < -0.4 is 5.46 Å². The van der Waals surface area contributed by atoms with E-state index in [-0.39, 0.29) is 15.0 Å². The van der Waals surface area contributed by atoms with Gasteiger partial charge in [0.05, 0.1) is 16.8 Å². The van der Waals surface area contributed by atoms with Crippen LogP contribution in [0, 0.1) is 0 Å². The first kappa shape index (κ1) is 17.1. The maximum absolute atomic E-state index is 13.0. The van der Waals surface area contributed by atoms with E-state index in [4.69, 9.17) is 20.9 Å². The van der Waals surface area contributed by atoms with Crippen LogP contribution in [-0.2, 0) is 15.5 Å². The molecule has 1 heterocycles. The zero-order chi connectivity index (χ0) is 16.2. The third-order valence-electron chi connectivity index (χ3n) is 3.90. The van der Waals surface area contributed by atoms with Gasteiger partial charge < -0.3 is 9.31 Å². The first-order chi connectivity index (χ1) is 9.35. The molecule has 0 spiro atoms. The number of hydrogen-bond acceptors (Lipinski definition) is 2. The van der Waals surface area contributed by atoms with Crippen molar-refractivity contribution in [3.63, 3.8) is 0 Å². The van der Waals surface area contributed by atoms with Crippen molar-refractivity contribution in [3.8, 4) is 0 Å². The molecule has 0 amide bonds. The summed E-state index contributed by atoms with van der Waals surface area (Å²) in [6.07, 6.45) is -4.48. The van der Waals surface area contributed by atoms with E-state index in [1.807, 2.05) is 27.7 Å². The average Bonchev–Trinajstić information content (AvgIpc) is 2.45. The Labute approximate surface area is 135 Å². The summed E-state index contributed by atoms with van der Waals surface area (Å²) >= 11 is 8.94. The Morgan fingerprint density at radius 2 is 1.57 bits per heavy atom. The fraction of sp³-hybridized carbons (Fsp3) is 0.538.